The van der Waals surface area contributed by atoms with E-state index >= 15 is 0 Å². The lowest BCUT2D eigenvalue weighted by molar-refractivity contribution is 0.137. The summed E-state index contributed by atoms with van der Waals surface area (Å²) < 4.78 is 12.2. The second-order valence-corrected chi connectivity index (χ2v) is 11.0. The highest BCUT2D eigenvalue weighted by molar-refractivity contribution is 6.62. The van der Waals surface area contributed by atoms with Crippen LogP contribution in [-0.2, 0) is 14.7 Å². The van der Waals surface area contributed by atoms with Crippen LogP contribution in [0, 0.1) is 0 Å². The molecule has 0 radical (unpaired) electrons. The van der Waals surface area contributed by atoms with Crippen LogP contribution in [0.4, 0.5) is 0 Å². The summed E-state index contributed by atoms with van der Waals surface area (Å²) in [6.07, 6.45) is 0. The molecule has 5 aromatic rings. The lowest BCUT2D eigenvalue weighted by Crippen LogP contribution is -2.34. The molecule has 1 aliphatic heterocycles. The third kappa shape index (κ3) is 2.71. The van der Waals surface area contributed by atoms with Crippen molar-refractivity contribution in [2.45, 2.75) is 38.7 Å². The summed E-state index contributed by atoms with van der Waals surface area (Å²) in [4.78, 5) is 0. The molecule has 0 amide bonds. The Bertz CT molecular complexity index is 1650. The molecule has 34 heavy (non-hydrogen) atoms. The number of rotatable bonds is 1. The van der Waals surface area contributed by atoms with E-state index in [0.717, 1.165) is 5.46 Å². The lowest BCUT2D eigenvalue weighted by atomic mass is 9.77. The van der Waals surface area contributed by atoms with Gasteiger partial charge in [0.25, 0.3) is 0 Å². The standard InChI is InChI=1S/C31H27BO2/c1-30(2)18-33-32(34-30)19-13-14-22-24(15-19)20-9-5-6-10-21(20)25-16-27-23-11-7-8-12-28(23)31(3,4)29(27)17-26(22)25/h5-17H,18H2,1-4H3. The van der Waals surface area contributed by atoms with E-state index in [4.69, 9.17) is 9.31 Å². The molecule has 7 rings (SSSR count). The van der Waals surface area contributed by atoms with Gasteiger partial charge in [0.1, 0.15) is 0 Å². The number of benzene rings is 5. The van der Waals surface area contributed by atoms with E-state index in [1.807, 2.05) is 0 Å². The minimum Gasteiger partial charge on any atom is -0.404 e. The van der Waals surface area contributed by atoms with Crippen molar-refractivity contribution in [1.29, 1.82) is 0 Å². The molecule has 0 N–H and O–H groups in total. The van der Waals surface area contributed by atoms with Crippen LogP contribution in [0.5, 0.6) is 0 Å². The van der Waals surface area contributed by atoms with Gasteiger partial charge in [0.15, 0.2) is 0 Å². The van der Waals surface area contributed by atoms with Crippen molar-refractivity contribution in [2.24, 2.45) is 0 Å². The van der Waals surface area contributed by atoms with E-state index in [1.54, 1.807) is 0 Å². The van der Waals surface area contributed by atoms with Gasteiger partial charge in [0, 0.05) is 5.41 Å². The Morgan fingerprint density at radius 3 is 2.00 bits per heavy atom. The third-order valence-electron chi connectivity index (χ3n) is 7.84. The second-order valence-electron chi connectivity index (χ2n) is 11.0. The molecule has 0 bridgehead atoms. The van der Waals surface area contributed by atoms with Crippen molar-refractivity contribution in [1.82, 2.24) is 0 Å². The minimum absolute atomic E-state index is 0.0187. The quantitative estimate of drug-likeness (QED) is 0.206. The molecule has 0 unspecified atom stereocenters. The summed E-state index contributed by atoms with van der Waals surface area (Å²) in [6.45, 7) is 9.47. The molecule has 166 valence electrons. The monoisotopic (exact) mass is 442 g/mol. The first kappa shape index (κ1) is 20.3. The fraction of sp³-hybridized carbons (Fsp3) is 0.226. The largest absolute Gasteiger partial charge is 0.494 e. The summed E-state index contributed by atoms with van der Waals surface area (Å²) in [5.41, 5.74) is 6.35. The van der Waals surface area contributed by atoms with E-state index in [9.17, 15) is 0 Å². The average molecular weight is 442 g/mol. The van der Waals surface area contributed by atoms with Crippen molar-refractivity contribution in [3.63, 3.8) is 0 Å². The Morgan fingerprint density at radius 1 is 0.618 bits per heavy atom. The molecular weight excluding hydrogens is 415 g/mol. The first-order valence-electron chi connectivity index (χ1n) is 12.2. The van der Waals surface area contributed by atoms with Crippen molar-refractivity contribution in [3.05, 3.63) is 90.0 Å². The molecule has 3 heteroatoms. The second kappa shape index (κ2) is 6.72. The summed E-state index contributed by atoms with van der Waals surface area (Å²) in [7, 11) is -0.317. The predicted octanol–water partition coefficient (Wildman–Crippen LogP) is 6.97. The van der Waals surface area contributed by atoms with Gasteiger partial charge in [0.2, 0.25) is 0 Å². The molecule has 0 atom stereocenters. The topological polar surface area (TPSA) is 18.5 Å². The summed E-state index contributed by atoms with van der Waals surface area (Å²) in [5.74, 6) is 0. The van der Waals surface area contributed by atoms with Crippen LogP contribution in [0.3, 0.4) is 0 Å². The number of fused-ring (bicyclic) bond motifs is 9. The minimum atomic E-state index is -0.317. The predicted molar refractivity (Wildman–Crippen MR) is 143 cm³/mol. The zero-order valence-corrected chi connectivity index (χ0v) is 20.1. The zero-order chi connectivity index (χ0) is 23.2. The molecule has 1 saturated heterocycles. The molecule has 0 aromatic heterocycles. The first-order valence-corrected chi connectivity index (χ1v) is 12.2. The fourth-order valence-electron chi connectivity index (χ4n) is 6.11. The van der Waals surface area contributed by atoms with Gasteiger partial charge in [-0.15, -0.1) is 0 Å². The molecule has 5 aromatic carbocycles. The van der Waals surface area contributed by atoms with Gasteiger partial charge in [-0.05, 0) is 86.0 Å². The van der Waals surface area contributed by atoms with Crippen molar-refractivity contribution < 1.29 is 9.31 Å². The van der Waals surface area contributed by atoms with Crippen LogP contribution in [0.15, 0.2) is 78.9 Å². The van der Waals surface area contributed by atoms with Gasteiger partial charge in [0.05, 0.1) is 12.2 Å². The highest BCUT2D eigenvalue weighted by atomic mass is 16.7. The molecule has 0 saturated carbocycles. The van der Waals surface area contributed by atoms with Gasteiger partial charge in [-0.2, -0.15) is 0 Å². The van der Waals surface area contributed by atoms with Gasteiger partial charge in [-0.25, -0.2) is 0 Å². The van der Waals surface area contributed by atoms with Gasteiger partial charge in [-0.1, -0.05) is 80.6 Å². The van der Waals surface area contributed by atoms with Crippen LogP contribution >= 0.6 is 0 Å². The van der Waals surface area contributed by atoms with Crippen molar-refractivity contribution in [2.75, 3.05) is 6.61 Å². The molecule has 2 aliphatic rings. The normalized spacial score (nSPS) is 18.1. The van der Waals surface area contributed by atoms with Crippen LogP contribution < -0.4 is 5.46 Å². The van der Waals surface area contributed by atoms with Crippen molar-refractivity contribution >= 4 is 44.9 Å². The highest BCUT2D eigenvalue weighted by Crippen LogP contribution is 2.51. The van der Waals surface area contributed by atoms with E-state index < -0.39 is 0 Å². The number of hydrogen-bond acceptors (Lipinski definition) is 2. The van der Waals surface area contributed by atoms with Crippen LogP contribution in [0.1, 0.15) is 38.8 Å². The third-order valence-corrected chi connectivity index (χ3v) is 7.84. The van der Waals surface area contributed by atoms with Crippen molar-refractivity contribution in [3.8, 4) is 11.1 Å². The Hall–Kier alpha value is -3.14. The van der Waals surface area contributed by atoms with Gasteiger partial charge in [-0.3, -0.25) is 0 Å². The van der Waals surface area contributed by atoms with E-state index in [2.05, 4.69) is 107 Å². The maximum Gasteiger partial charge on any atom is 0.494 e. The maximum atomic E-state index is 6.18. The highest BCUT2D eigenvalue weighted by Gasteiger charge is 2.38. The Kier molecular flexibility index (Phi) is 4.00. The Labute approximate surface area is 200 Å². The van der Waals surface area contributed by atoms with Gasteiger partial charge >= 0.3 is 7.12 Å². The SMILES string of the molecule is CC1(C)COB(c2ccc3c(c2)c2ccccc2c2cc4c(cc32)C(C)(C)c2ccccc2-4)O1. The molecule has 1 fully saturated rings. The smallest absolute Gasteiger partial charge is 0.404 e. The first-order chi connectivity index (χ1) is 16.3. The molecule has 1 heterocycles. The lowest BCUT2D eigenvalue weighted by Gasteiger charge is -2.22. The van der Waals surface area contributed by atoms with Gasteiger partial charge < -0.3 is 9.31 Å². The Balaban J connectivity index is 1.55. The molecule has 1 aliphatic carbocycles. The average Bonchev–Trinajstić information content (AvgIpc) is 3.32. The molecular formula is C31H27BO2. The zero-order valence-electron chi connectivity index (χ0n) is 20.1. The molecule has 2 nitrogen and oxygen atoms in total. The summed E-state index contributed by atoms with van der Waals surface area (Å²) in [5, 5.41) is 7.73. The van der Waals surface area contributed by atoms with E-state index in [-0.39, 0.29) is 18.1 Å². The van der Waals surface area contributed by atoms with E-state index in [0.29, 0.717) is 6.61 Å². The number of hydrogen-bond donors (Lipinski definition) is 0. The fourth-order valence-corrected chi connectivity index (χ4v) is 6.11. The summed E-state index contributed by atoms with van der Waals surface area (Å²) in [6, 6.07) is 29.2. The van der Waals surface area contributed by atoms with E-state index in [1.165, 1.54) is 54.6 Å². The Morgan fingerprint density at radius 2 is 1.26 bits per heavy atom. The van der Waals surface area contributed by atoms with Crippen LogP contribution in [-0.4, -0.2) is 19.3 Å². The maximum absolute atomic E-state index is 6.18. The molecule has 0 spiro atoms. The van der Waals surface area contributed by atoms with Crippen LogP contribution in [0.25, 0.3) is 43.4 Å². The summed E-state index contributed by atoms with van der Waals surface area (Å²) >= 11 is 0. The van der Waals surface area contributed by atoms with Crippen LogP contribution in [0.2, 0.25) is 0 Å².